The number of benzene rings is 1. The van der Waals surface area contributed by atoms with E-state index < -0.39 is 0 Å². The summed E-state index contributed by atoms with van der Waals surface area (Å²) in [5, 5.41) is 0.716. The molecule has 1 heterocycles. The fraction of sp³-hybridized carbons (Fsp3) is 0.200. The van der Waals surface area contributed by atoms with Crippen LogP contribution in [0.25, 0.3) is 0 Å². The van der Waals surface area contributed by atoms with Crippen molar-refractivity contribution in [3.63, 3.8) is 0 Å². The first-order chi connectivity index (χ1) is 9.15. The second kappa shape index (κ2) is 4.95. The summed E-state index contributed by atoms with van der Waals surface area (Å²) in [6.45, 7) is 0. The Hall–Kier alpha value is -1.38. The van der Waals surface area contributed by atoms with Gasteiger partial charge in [0.25, 0.3) is 0 Å². The molecule has 1 aliphatic carbocycles. The van der Waals surface area contributed by atoms with Gasteiger partial charge >= 0.3 is 0 Å². The number of pyridine rings is 1. The number of carbonyl (C=O) groups excluding carboxylic acids is 1. The maximum absolute atomic E-state index is 12.4. The second-order valence-corrected chi connectivity index (χ2v) is 5.49. The fourth-order valence-electron chi connectivity index (χ4n) is 2.43. The lowest BCUT2D eigenvalue weighted by molar-refractivity contribution is 0.103. The van der Waals surface area contributed by atoms with Crippen molar-refractivity contribution in [3.8, 4) is 0 Å². The highest BCUT2D eigenvalue weighted by molar-refractivity contribution is 6.37. The molecule has 19 heavy (non-hydrogen) atoms. The molecule has 3 rings (SSSR count). The van der Waals surface area contributed by atoms with Crippen LogP contribution in [0, 0.1) is 0 Å². The van der Waals surface area contributed by atoms with Crippen LogP contribution in [0.1, 0.15) is 33.6 Å². The minimum Gasteiger partial charge on any atom is -0.287 e. The third-order valence-electron chi connectivity index (χ3n) is 3.38. The van der Waals surface area contributed by atoms with Crippen molar-refractivity contribution >= 4 is 29.0 Å². The molecule has 96 valence electrons. The van der Waals surface area contributed by atoms with Crippen LogP contribution >= 0.6 is 23.2 Å². The van der Waals surface area contributed by atoms with E-state index in [1.807, 2.05) is 18.2 Å². The highest BCUT2D eigenvalue weighted by Gasteiger charge is 2.18. The summed E-state index contributed by atoms with van der Waals surface area (Å²) in [5.41, 5.74) is 3.49. The summed E-state index contributed by atoms with van der Waals surface area (Å²) >= 11 is 11.8. The van der Waals surface area contributed by atoms with Gasteiger partial charge in [0.2, 0.25) is 5.78 Å². The zero-order valence-corrected chi connectivity index (χ0v) is 11.6. The van der Waals surface area contributed by atoms with Crippen molar-refractivity contribution in [3.05, 3.63) is 62.9 Å². The first-order valence-corrected chi connectivity index (χ1v) is 6.88. The average molecular weight is 292 g/mol. The first-order valence-electron chi connectivity index (χ1n) is 6.13. The Labute approximate surface area is 121 Å². The number of rotatable bonds is 2. The second-order valence-electron chi connectivity index (χ2n) is 4.65. The van der Waals surface area contributed by atoms with Gasteiger partial charge in [-0.2, -0.15) is 0 Å². The summed E-state index contributed by atoms with van der Waals surface area (Å²) < 4.78 is 0. The molecule has 1 aromatic carbocycles. The number of ketones is 1. The van der Waals surface area contributed by atoms with Crippen LogP contribution in [0.15, 0.2) is 30.5 Å². The van der Waals surface area contributed by atoms with Crippen LogP contribution in [0.2, 0.25) is 10.0 Å². The fourth-order valence-corrected chi connectivity index (χ4v) is 2.90. The number of halogens is 2. The number of hydrogen-bond acceptors (Lipinski definition) is 2. The van der Waals surface area contributed by atoms with Gasteiger partial charge < -0.3 is 0 Å². The highest BCUT2D eigenvalue weighted by atomic mass is 35.5. The zero-order valence-electron chi connectivity index (χ0n) is 10.1. The van der Waals surface area contributed by atoms with E-state index in [4.69, 9.17) is 23.2 Å². The zero-order chi connectivity index (χ0) is 13.4. The molecule has 0 atom stereocenters. The van der Waals surface area contributed by atoms with Crippen molar-refractivity contribution in [1.82, 2.24) is 4.98 Å². The van der Waals surface area contributed by atoms with E-state index in [0.29, 0.717) is 10.6 Å². The molecule has 0 amide bonds. The van der Waals surface area contributed by atoms with Gasteiger partial charge in [-0.1, -0.05) is 35.3 Å². The molecular formula is C15H11Cl2NO. The standard InChI is InChI=1S/C15H11Cl2NO/c16-12-7-13(17)14(18-8-12)15(19)11-5-4-9-2-1-3-10(9)6-11/h4-8H,1-3H2. The number of hydrogen-bond donors (Lipinski definition) is 0. The molecular weight excluding hydrogens is 281 g/mol. The van der Waals surface area contributed by atoms with Gasteiger partial charge in [0.1, 0.15) is 5.69 Å². The molecule has 0 unspecified atom stereocenters. The lowest BCUT2D eigenvalue weighted by Crippen LogP contribution is -2.05. The molecule has 1 aromatic heterocycles. The monoisotopic (exact) mass is 291 g/mol. The molecule has 4 heteroatoms. The lowest BCUT2D eigenvalue weighted by Gasteiger charge is -2.05. The van der Waals surface area contributed by atoms with Crippen molar-refractivity contribution in [2.45, 2.75) is 19.3 Å². The van der Waals surface area contributed by atoms with Gasteiger partial charge in [0.15, 0.2) is 0 Å². The minimum absolute atomic E-state index is 0.156. The molecule has 0 fully saturated rings. The summed E-state index contributed by atoms with van der Waals surface area (Å²) in [4.78, 5) is 16.4. The van der Waals surface area contributed by atoms with E-state index >= 15 is 0 Å². The third kappa shape index (κ3) is 2.38. The van der Waals surface area contributed by atoms with Crippen molar-refractivity contribution in [2.75, 3.05) is 0 Å². The minimum atomic E-state index is -0.156. The van der Waals surface area contributed by atoms with E-state index in [1.54, 1.807) is 0 Å². The van der Waals surface area contributed by atoms with Crippen LogP contribution in [0.3, 0.4) is 0 Å². The molecule has 0 aliphatic heterocycles. The van der Waals surface area contributed by atoms with E-state index in [1.165, 1.54) is 23.4 Å². The van der Waals surface area contributed by atoms with E-state index in [-0.39, 0.29) is 16.5 Å². The largest absolute Gasteiger partial charge is 0.287 e. The van der Waals surface area contributed by atoms with Crippen LogP contribution in [0.5, 0.6) is 0 Å². The van der Waals surface area contributed by atoms with E-state index in [0.717, 1.165) is 19.3 Å². The normalized spacial score (nSPS) is 13.4. The summed E-state index contributed by atoms with van der Waals surface area (Å²) in [5.74, 6) is -0.156. The Kier molecular flexibility index (Phi) is 3.29. The van der Waals surface area contributed by atoms with E-state index in [9.17, 15) is 4.79 Å². The molecule has 0 radical (unpaired) electrons. The SMILES string of the molecule is O=C(c1ccc2c(c1)CCC2)c1ncc(Cl)cc1Cl. The van der Waals surface area contributed by atoms with Gasteiger partial charge in [-0.3, -0.25) is 4.79 Å². The molecule has 0 saturated heterocycles. The molecule has 1 aliphatic rings. The topological polar surface area (TPSA) is 30.0 Å². The van der Waals surface area contributed by atoms with Crippen molar-refractivity contribution in [2.24, 2.45) is 0 Å². The Morgan fingerprint density at radius 1 is 1.11 bits per heavy atom. The third-order valence-corrected chi connectivity index (χ3v) is 3.88. The molecule has 0 bridgehead atoms. The maximum Gasteiger partial charge on any atom is 0.212 e. The Morgan fingerprint density at radius 2 is 1.89 bits per heavy atom. The number of carbonyl (C=O) groups is 1. The smallest absolute Gasteiger partial charge is 0.212 e. The summed E-state index contributed by atoms with van der Waals surface area (Å²) in [6.07, 6.45) is 4.74. The molecule has 0 saturated carbocycles. The van der Waals surface area contributed by atoms with Crippen LogP contribution in [0.4, 0.5) is 0 Å². The Morgan fingerprint density at radius 3 is 2.68 bits per heavy atom. The average Bonchev–Trinajstić information content (AvgIpc) is 2.85. The summed E-state index contributed by atoms with van der Waals surface area (Å²) in [7, 11) is 0. The Balaban J connectivity index is 2.00. The number of aromatic nitrogens is 1. The summed E-state index contributed by atoms with van der Waals surface area (Å²) in [6, 6.07) is 7.37. The highest BCUT2D eigenvalue weighted by Crippen LogP contribution is 2.25. The number of fused-ring (bicyclic) bond motifs is 1. The predicted molar refractivity (Wildman–Crippen MR) is 76.2 cm³/mol. The van der Waals surface area contributed by atoms with Crippen LogP contribution in [-0.4, -0.2) is 10.8 Å². The molecule has 2 aromatic rings. The van der Waals surface area contributed by atoms with E-state index in [2.05, 4.69) is 4.98 Å². The molecule has 0 N–H and O–H groups in total. The van der Waals surface area contributed by atoms with Gasteiger partial charge in [-0.25, -0.2) is 4.98 Å². The van der Waals surface area contributed by atoms with Gasteiger partial charge in [-0.05, 0) is 42.5 Å². The van der Waals surface area contributed by atoms with Crippen molar-refractivity contribution in [1.29, 1.82) is 0 Å². The maximum atomic E-state index is 12.4. The van der Waals surface area contributed by atoms with Crippen molar-refractivity contribution < 1.29 is 4.79 Å². The molecule has 2 nitrogen and oxygen atoms in total. The van der Waals surface area contributed by atoms with Gasteiger partial charge in [-0.15, -0.1) is 0 Å². The lowest BCUT2D eigenvalue weighted by atomic mass is 10.0. The van der Waals surface area contributed by atoms with Gasteiger partial charge in [0.05, 0.1) is 10.0 Å². The van der Waals surface area contributed by atoms with Crippen LogP contribution < -0.4 is 0 Å². The Bertz CT molecular complexity index is 667. The molecule has 0 spiro atoms. The number of nitrogens with zero attached hydrogens (tertiary/aromatic N) is 1. The van der Waals surface area contributed by atoms with Crippen LogP contribution in [-0.2, 0) is 12.8 Å². The van der Waals surface area contributed by atoms with Gasteiger partial charge in [0, 0.05) is 11.8 Å². The number of aryl methyl sites for hydroxylation is 2. The predicted octanol–water partition coefficient (Wildman–Crippen LogP) is 4.11. The quantitative estimate of drug-likeness (QED) is 0.780. The first kappa shape index (κ1) is 12.6.